The van der Waals surface area contributed by atoms with Crippen molar-refractivity contribution in [2.45, 2.75) is 51.0 Å². The van der Waals surface area contributed by atoms with Crippen molar-refractivity contribution < 1.29 is 18.3 Å². The van der Waals surface area contributed by atoms with Gasteiger partial charge in [0.05, 0.1) is 0 Å². The van der Waals surface area contributed by atoms with Crippen molar-refractivity contribution in [3.05, 3.63) is 17.0 Å². The summed E-state index contributed by atoms with van der Waals surface area (Å²) in [5.74, 6) is -1.15. The van der Waals surface area contributed by atoms with Gasteiger partial charge in [0, 0.05) is 23.3 Å². The van der Waals surface area contributed by atoms with Crippen molar-refractivity contribution in [1.29, 1.82) is 0 Å². The van der Waals surface area contributed by atoms with Crippen molar-refractivity contribution in [1.82, 2.24) is 9.29 Å². The van der Waals surface area contributed by atoms with Crippen LogP contribution in [0.5, 0.6) is 0 Å². The number of carbonyl (C=O) groups is 1. The number of rotatable bonds is 3. The standard InChI is InChI=1S/C13H20N2O4S/c1-8-10(12(16)17)14-9(2)11(8)20(18,19)15-7-5-6-13(15,3)4/h14H,5-7H2,1-4H3,(H,16,17). The van der Waals surface area contributed by atoms with E-state index >= 15 is 0 Å². The zero-order valence-corrected chi connectivity index (χ0v) is 13.0. The maximum absolute atomic E-state index is 12.8. The lowest BCUT2D eigenvalue weighted by atomic mass is 10.0. The molecule has 1 aliphatic rings. The number of hydrogen-bond acceptors (Lipinski definition) is 3. The number of sulfonamides is 1. The molecule has 6 nitrogen and oxygen atoms in total. The maximum atomic E-state index is 12.8. The van der Waals surface area contributed by atoms with E-state index < -0.39 is 21.5 Å². The van der Waals surface area contributed by atoms with Gasteiger partial charge >= 0.3 is 5.97 Å². The van der Waals surface area contributed by atoms with Gasteiger partial charge in [0.1, 0.15) is 10.6 Å². The molecule has 2 rings (SSSR count). The monoisotopic (exact) mass is 300 g/mol. The van der Waals surface area contributed by atoms with E-state index in [9.17, 15) is 13.2 Å². The quantitative estimate of drug-likeness (QED) is 0.892. The van der Waals surface area contributed by atoms with Crippen LogP contribution < -0.4 is 0 Å². The first-order valence-corrected chi connectivity index (χ1v) is 7.98. The lowest BCUT2D eigenvalue weighted by molar-refractivity contribution is 0.0690. The molecule has 0 saturated carbocycles. The van der Waals surface area contributed by atoms with Gasteiger partial charge in [-0.05, 0) is 40.5 Å². The number of carboxylic acids is 1. The maximum Gasteiger partial charge on any atom is 0.352 e. The first-order valence-electron chi connectivity index (χ1n) is 6.54. The van der Waals surface area contributed by atoms with Crippen LogP contribution in [-0.4, -0.2) is 40.9 Å². The molecular formula is C13H20N2O4S. The minimum Gasteiger partial charge on any atom is -0.477 e. The van der Waals surface area contributed by atoms with Gasteiger partial charge in [0.25, 0.3) is 0 Å². The molecule has 1 fully saturated rings. The van der Waals surface area contributed by atoms with Crippen LogP contribution >= 0.6 is 0 Å². The molecule has 0 aromatic carbocycles. The molecule has 1 aromatic heterocycles. The van der Waals surface area contributed by atoms with Crippen molar-refractivity contribution in [3.8, 4) is 0 Å². The summed E-state index contributed by atoms with van der Waals surface area (Å²) in [6.45, 7) is 7.39. The third-order valence-electron chi connectivity index (χ3n) is 3.96. The molecule has 0 spiro atoms. The third-order valence-corrected chi connectivity index (χ3v) is 6.34. The first kappa shape index (κ1) is 15.1. The number of aromatic carboxylic acids is 1. The third kappa shape index (κ3) is 2.14. The van der Waals surface area contributed by atoms with Gasteiger partial charge in [-0.2, -0.15) is 4.31 Å². The highest BCUT2D eigenvalue weighted by atomic mass is 32.2. The zero-order chi connectivity index (χ0) is 15.3. The zero-order valence-electron chi connectivity index (χ0n) is 12.1. The van der Waals surface area contributed by atoms with E-state index in [1.807, 2.05) is 13.8 Å². The van der Waals surface area contributed by atoms with E-state index in [1.54, 1.807) is 6.92 Å². The molecule has 112 valence electrons. The summed E-state index contributed by atoms with van der Waals surface area (Å²) in [4.78, 5) is 13.9. The van der Waals surface area contributed by atoms with E-state index in [4.69, 9.17) is 5.11 Å². The number of carboxylic acid groups (broad SMARTS) is 1. The van der Waals surface area contributed by atoms with Crippen LogP contribution in [0.2, 0.25) is 0 Å². The van der Waals surface area contributed by atoms with Gasteiger partial charge < -0.3 is 10.1 Å². The minimum atomic E-state index is -3.68. The molecule has 0 unspecified atom stereocenters. The highest BCUT2D eigenvalue weighted by molar-refractivity contribution is 7.89. The number of H-pyrrole nitrogens is 1. The van der Waals surface area contributed by atoms with Crippen LogP contribution in [0.25, 0.3) is 0 Å². The molecule has 1 saturated heterocycles. The van der Waals surface area contributed by atoms with Crippen LogP contribution in [0.4, 0.5) is 0 Å². The number of nitrogens with zero attached hydrogens (tertiary/aromatic N) is 1. The average molecular weight is 300 g/mol. The van der Waals surface area contributed by atoms with Gasteiger partial charge in [-0.15, -0.1) is 0 Å². The highest BCUT2D eigenvalue weighted by Crippen LogP contribution is 2.36. The normalized spacial score (nSPS) is 19.4. The predicted octanol–water partition coefficient (Wildman–Crippen LogP) is 1.89. The Balaban J connectivity index is 2.59. The van der Waals surface area contributed by atoms with E-state index in [1.165, 1.54) is 11.2 Å². The molecule has 20 heavy (non-hydrogen) atoms. The fourth-order valence-electron chi connectivity index (χ4n) is 2.97. The Morgan fingerprint density at radius 3 is 2.35 bits per heavy atom. The molecule has 0 bridgehead atoms. The lowest BCUT2D eigenvalue weighted by Crippen LogP contribution is -2.42. The van der Waals surface area contributed by atoms with Crippen LogP contribution in [-0.2, 0) is 10.0 Å². The van der Waals surface area contributed by atoms with Crippen LogP contribution in [0, 0.1) is 13.8 Å². The second kappa shape index (κ2) is 4.60. The fourth-order valence-corrected chi connectivity index (χ4v) is 5.23. The molecular weight excluding hydrogens is 280 g/mol. The van der Waals surface area contributed by atoms with Crippen LogP contribution in [0.15, 0.2) is 4.90 Å². The van der Waals surface area contributed by atoms with E-state index in [0.29, 0.717) is 12.2 Å². The largest absolute Gasteiger partial charge is 0.477 e. The van der Waals surface area contributed by atoms with Crippen molar-refractivity contribution in [2.24, 2.45) is 0 Å². The number of nitrogens with one attached hydrogen (secondary N) is 1. The Hall–Kier alpha value is -1.34. The van der Waals surface area contributed by atoms with Crippen LogP contribution in [0.3, 0.4) is 0 Å². The number of aryl methyl sites for hydroxylation is 1. The highest BCUT2D eigenvalue weighted by Gasteiger charge is 2.43. The average Bonchev–Trinajstić information content (AvgIpc) is 2.79. The SMILES string of the molecule is Cc1[nH]c(C(=O)O)c(C)c1S(=O)(=O)N1CCCC1(C)C. The molecule has 0 amide bonds. The number of aromatic amines is 1. The van der Waals surface area contributed by atoms with E-state index in [-0.39, 0.29) is 16.2 Å². The molecule has 0 radical (unpaired) electrons. The summed E-state index contributed by atoms with van der Waals surface area (Å²) >= 11 is 0. The minimum absolute atomic E-state index is 0.0573. The van der Waals surface area contributed by atoms with Gasteiger partial charge in [0.15, 0.2) is 0 Å². The van der Waals surface area contributed by atoms with E-state index in [0.717, 1.165) is 12.8 Å². The van der Waals surface area contributed by atoms with Gasteiger partial charge in [-0.25, -0.2) is 13.2 Å². The molecule has 1 aliphatic heterocycles. The van der Waals surface area contributed by atoms with Gasteiger partial charge in [0.2, 0.25) is 10.0 Å². The molecule has 0 aliphatic carbocycles. The second-order valence-electron chi connectivity index (χ2n) is 5.88. The number of aromatic nitrogens is 1. The number of hydrogen-bond donors (Lipinski definition) is 2. The summed E-state index contributed by atoms with van der Waals surface area (Å²) in [7, 11) is -3.68. The molecule has 0 atom stereocenters. The molecule has 2 heterocycles. The van der Waals surface area contributed by atoms with Crippen molar-refractivity contribution in [2.75, 3.05) is 6.54 Å². The Labute approximate surface area is 118 Å². The second-order valence-corrected chi connectivity index (χ2v) is 7.68. The predicted molar refractivity (Wildman–Crippen MR) is 74.4 cm³/mol. The lowest BCUT2D eigenvalue weighted by Gasteiger charge is -2.30. The smallest absolute Gasteiger partial charge is 0.352 e. The van der Waals surface area contributed by atoms with Gasteiger partial charge in [-0.1, -0.05) is 0 Å². The first-order chi connectivity index (χ1) is 9.09. The topological polar surface area (TPSA) is 90.5 Å². The van der Waals surface area contributed by atoms with Crippen molar-refractivity contribution in [3.63, 3.8) is 0 Å². The molecule has 2 N–H and O–H groups in total. The Kier molecular flexibility index (Phi) is 3.46. The van der Waals surface area contributed by atoms with Gasteiger partial charge in [-0.3, -0.25) is 0 Å². The summed E-state index contributed by atoms with van der Waals surface area (Å²) in [6, 6.07) is 0. The fraction of sp³-hybridized carbons (Fsp3) is 0.615. The summed E-state index contributed by atoms with van der Waals surface area (Å²) in [5.41, 5.74) is 0.164. The Morgan fingerprint density at radius 1 is 1.35 bits per heavy atom. The van der Waals surface area contributed by atoms with Crippen LogP contribution in [0.1, 0.15) is 48.4 Å². The Bertz CT molecular complexity index is 658. The molecule has 1 aromatic rings. The molecule has 7 heteroatoms. The summed E-state index contributed by atoms with van der Waals surface area (Å²) < 4.78 is 27.2. The Morgan fingerprint density at radius 2 is 1.95 bits per heavy atom. The van der Waals surface area contributed by atoms with E-state index in [2.05, 4.69) is 4.98 Å². The summed E-state index contributed by atoms with van der Waals surface area (Å²) in [5, 5.41) is 9.10. The van der Waals surface area contributed by atoms with Crippen molar-refractivity contribution >= 4 is 16.0 Å². The summed E-state index contributed by atoms with van der Waals surface area (Å²) in [6.07, 6.45) is 1.63.